The largest absolute Gasteiger partial charge is 0.506 e. The van der Waals surface area contributed by atoms with Crippen LogP contribution in [0.3, 0.4) is 0 Å². The van der Waals surface area contributed by atoms with Gasteiger partial charge in [-0.1, -0.05) is 57.4 Å². The van der Waals surface area contributed by atoms with Crippen molar-refractivity contribution in [2.24, 2.45) is 17.8 Å². The zero-order valence-corrected chi connectivity index (χ0v) is 14.6. The zero-order valence-electron chi connectivity index (χ0n) is 13.8. The van der Waals surface area contributed by atoms with Crippen molar-refractivity contribution in [2.75, 3.05) is 0 Å². The molecule has 0 saturated carbocycles. The molecule has 0 amide bonds. The summed E-state index contributed by atoms with van der Waals surface area (Å²) in [6.07, 6.45) is 6.68. The highest BCUT2D eigenvalue weighted by Crippen LogP contribution is 2.35. The van der Waals surface area contributed by atoms with Gasteiger partial charge in [0.25, 0.3) is 0 Å². The maximum Gasteiger partial charge on any atom is 0.139 e. The molecule has 3 atom stereocenters. The van der Waals surface area contributed by atoms with Gasteiger partial charge in [0, 0.05) is 5.57 Å². The molecule has 0 aromatic heterocycles. The van der Waals surface area contributed by atoms with Crippen molar-refractivity contribution in [3.05, 3.63) is 34.1 Å². The van der Waals surface area contributed by atoms with Gasteiger partial charge in [-0.15, -0.1) is 0 Å². The Hall–Kier alpha value is -1.06. The summed E-state index contributed by atoms with van der Waals surface area (Å²) in [6.45, 7) is 8.16. The van der Waals surface area contributed by atoms with Crippen LogP contribution in [0.1, 0.15) is 47.0 Å². The van der Waals surface area contributed by atoms with E-state index >= 15 is 0 Å². The Morgan fingerprint density at radius 2 is 1.91 bits per heavy atom. The average Bonchev–Trinajstić information content (AvgIpc) is 2.45. The van der Waals surface area contributed by atoms with Crippen molar-refractivity contribution in [2.45, 2.75) is 53.1 Å². The number of allylic oxidation sites excluding steroid dienone is 2. The lowest BCUT2D eigenvalue weighted by Crippen LogP contribution is -2.29. The van der Waals surface area contributed by atoms with Gasteiger partial charge in [0.15, 0.2) is 0 Å². The fraction of sp³-hybridized carbons (Fsp3) is 0.611. The third-order valence-corrected chi connectivity index (χ3v) is 4.66. The SMILES string of the molecule is CC1=C(Cl)C(O)=C(/C=C/C(C)CCCC(C)C)C(O)C1C=O. The molecule has 1 aliphatic carbocycles. The molecule has 0 heterocycles. The molecule has 4 heteroatoms. The van der Waals surface area contributed by atoms with E-state index in [1.807, 2.05) is 6.08 Å². The van der Waals surface area contributed by atoms with Gasteiger partial charge in [-0.3, -0.25) is 0 Å². The van der Waals surface area contributed by atoms with Crippen LogP contribution in [0.15, 0.2) is 34.1 Å². The molecule has 0 aromatic carbocycles. The lowest BCUT2D eigenvalue weighted by Gasteiger charge is -2.26. The van der Waals surface area contributed by atoms with Crippen LogP contribution in [0.4, 0.5) is 0 Å². The molecule has 3 unspecified atom stereocenters. The first-order valence-corrected chi connectivity index (χ1v) is 8.28. The minimum atomic E-state index is -1.04. The number of aliphatic hydroxyl groups is 2. The quantitative estimate of drug-likeness (QED) is 0.676. The molecule has 0 bridgehead atoms. The van der Waals surface area contributed by atoms with E-state index in [1.165, 1.54) is 6.42 Å². The predicted molar refractivity (Wildman–Crippen MR) is 90.8 cm³/mol. The fourth-order valence-electron chi connectivity index (χ4n) is 2.60. The first-order chi connectivity index (χ1) is 10.3. The van der Waals surface area contributed by atoms with Crippen molar-refractivity contribution in [1.29, 1.82) is 0 Å². The zero-order chi connectivity index (χ0) is 16.9. The molecule has 0 aliphatic heterocycles. The van der Waals surface area contributed by atoms with Crippen molar-refractivity contribution in [3.8, 4) is 0 Å². The molecule has 22 heavy (non-hydrogen) atoms. The molecular weight excluding hydrogens is 300 g/mol. The molecule has 3 nitrogen and oxygen atoms in total. The Kier molecular flexibility index (Phi) is 7.37. The Morgan fingerprint density at radius 3 is 2.45 bits per heavy atom. The third-order valence-electron chi connectivity index (χ3n) is 4.18. The van der Waals surface area contributed by atoms with Gasteiger partial charge < -0.3 is 15.0 Å². The molecule has 124 valence electrons. The highest BCUT2D eigenvalue weighted by atomic mass is 35.5. The van der Waals surface area contributed by atoms with Crippen LogP contribution < -0.4 is 0 Å². The number of rotatable bonds is 7. The maximum absolute atomic E-state index is 11.1. The number of halogens is 1. The molecule has 0 radical (unpaired) electrons. The molecule has 0 saturated heterocycles. The standard InChI is InChI=1S/C18H27ClO3/c1-11(2)6-5-7-12(3)8-9-14-17(21)15(10-20)13(4)16(19)18(14)22/h8-12,15,17,21-22H,5-7H2,1-4H3/b9-8+. The van der Waals surface area contributed by atoms with Gasteiger partial charge in [-0.2, -0.15) is 0 Å². The second-order valence-electron chi connectivity index (χ2n) is 6.57. The Morgan fingerprint density at radius 1 is 1.27 bits per heavy atom. The maximum atomic E-state index is 11.1. The van der Waals surface area contributed by atoms with Crippen LogP contribution in [0.2, 0.25) is 0 Å². The second kappa shape index (κ2) is 8.54. The third kappa shape index (κ3) is 4.72. The lowest BCUT2D eigenvalue weighted by atomic mass is 9.84. The number of aliphatic hydroxyl groups excluding tert-OH is 2. The van der Waals surface area contributed by atoms with E-state index < -0.39 is 12.0 Å². The van der Waals surface area contributed by atoms with Crippen LogP contribution >= 0.6 is 11.6 Å². The van der Waals surface area contributed by atoms with Crippen LogP contribution in [0.5, 0.6) is 0 Å². The van der Waals surface area contributed by atoms with Crippen LogP contribution in [-0.4, -0.2) is 22.6 Å². The van der Waals surface area contributed by atoms with Crippen LogP contribution in [-0.2, 0) is 4.79 Å². The first kappa shape index (κ1) is 19.0. The summed E-state index contributed by atoms with van der Waals surface area (Å²) >= 11 is 6.05. The van der Waals surface area contributed by atoms with E-state index in [0.717, 1.165) is 12.8 Å². The average molecular weight is 327 g/mol. The Balaban J connectivity index is 2.81. The van der Waals surface area contributed by atoms with Crippen molar-refractivity contribution >= 4 is 17.9 Å². The van der Waals surface area contributed by atoms with E-state index in [4.69, 9.17) is 11.6 Å². The summed E-state index contributed by atoms with van der Waals surface area (Å²) in [4.78, 5) is 11.1. The first-order valence-electron chi connectivity index (χ1n) is 7.90. The second-order valence-corrected chi connectivity index (χ2v) is 6.95. The molecule has 0 aromatic rings. The van der Waals surface area contributed by atoms with Gasteiger partial charge in [0.1, 0.15) is 12.0 Å². The van der Waals surface area contributed by atoms with E-state index in [9.17, 15) is 15.0 Å². The lowest BCUT2D eigenvalue weighted by molar-refractivity contribution is -0.112. The highest BCUT2D eigenvalue weighted by Gasteiger charge is 2.32. The van der Waals surface area contributed by atoms with E-state index in [1.54, 1.807) is 13.0 Å². The van der Waals surface area contributed by atoms with Gasteiger partial charge in [-0.05, 0) is 30.8 Å². The Labute approximate surface area is 138 Å². The number of aldehydes is 1. The van der Waals surface area contributed by atoms with Gasteiger partial charge in [-0.25, -0.2) is 0 Å². The fourth-order valence-corrected chi connectivity index (χ4v) is 2.83. The number of hydrogen-bond acceptors (Lipinski definition) is 3. The monoisotopic (exact) mass is 326 g/mol. The van der Waals surface area contributed by atoms with Gasteiger partial charge in [0.2, 0.25) is 0 Å². The summed E-state index contributed by atoms with van der Waals surface area (Å²) in [7, 11) is 0. The molecule has 2 N–H and O–H groups in total. The summed E-state index contributed by atoms with van der Waals surface area (Å²) < 4.78 is 0. The molecule has 1 aliphatic rings. The van der Waals surface area contributed by atoms with Gasteiger partial charge >= 0.3 is 0 Å². The van der Waals surface area contributed by atoms with E-state index in [0.29, 0.717) is 29.3 Å². The summed E-state index contributed by atoms with van der Waals surface area (Å²) in [5.74, 6) is 0.213. The summed E-state index contributed by atoms with van der Waals surface area (Å²) in [6, 6.07) is 0. The smallest absolute Gasteiger partial charge is 0.139 e. The van der Waals surface area contributed by atoms with Gasteiger partial charge in [0.05, 0.1) is 17.1 Å². The molecule has 0 fully saturated rings. The summed E-state index contributed by atoms with van der Waals surface area (Å²) in [5.41, 5.74) is 0.826. The van der Waals surface area contributed by atoms with Crippen LogP contribution in [0, 0.1) is 17.8 Å². The number of carbonyl (C=O) groups is 1. The normalized spacial score (nSPS) is 24.5. The van der Waals surface area contributed by atoms with Crippen LogP contribution in [0.25, 0.3) is 0 Å². The summed E-state index contributed by atoms with van der Waals surface area (Å²) in [5, 5.41) is 20.5. The van der Waals surface area contributed by atoms with Crippen molar-refractivity contribution < 1.29 is 15.0 Å². The van der Waals surface area contributed by atoms with Crippen molar-refractivity contribution in [3.63, 3.8) is 0 Å². The van der Waals surface area contributed by atoms with Crippen molar-refractivity contribution in [1.82, 2.24) is 0 Å². The highest BCUT2D eigenvalue weighted by molar-refractivity contribution is 6.32. The molecule has 0 spiro atoms. The molecular formula is C18H27ClO3. The Bertz CT molecular complexity index is 489. The van der Waals surface area contributed by atoms with E-state index in [-0.39, 0.29) is 10.8 Å². The number of carbonyl (C=O) groups excluding carboxylic acids is 1. The van der Waals surface area contributed by atoms with E-state index in [2.05, 4.69) is 20.8 Å². The predicted octanol–water partition coefficient (Wildman–Crippen LogP) is 4.52. The number of hydrogen-bond donors (Lipinski definition) is 2. The minimum absolute atomic E-state index is 0.129. The minimum Gasteiger partial charge on any atom is -0.506 e. The topological polar surface area (TPSA) is 57.5 Å². The molecule has 1 rings (SSSR count).